The number of fused-ring (bicyclic) bond motifs is 1. The number of nitrogens with one attached hydrogen (secondary N) is 2. The van der Waals surface area contributed by atoms with Gasteiger partial charge in [-0.15, -0.1) is 11.3 Å². The van der Waals surface area contributed by atoms with E-state index in [0.29, 0.717) is 31.5 Å². The van der Waals surface area contributed by atoms with Crippen LogP contribution in [0.2, 0.25) is 0 Å². The summed E-state index contributed by atoms with van der Waals surface area (Å²) in [5.41, 5.74) is 1.50. The molecule has 1 saturated carbocycles. The lowest BCUT2D eigenvalue weighted by molar-refractivity contribution is -0.142. The molecule has 0 bridgehead atoms. The first kappa shape index (κ1) is 17.5. The molecular formula is C19H20N4O3S. The normalized spacial score (nSPS) is 19.7. The average molecular weight is 384 g/mol. The van der Waals surface area contributed by atoms with Crippen LogP contribution in [0.15, 0.2) is 41.9 Å². The molecule has 0 aliphatic heterocycles. The maximum absolute atomic E-state index is 12.6. The van der Waals surface area contributed by atoms with Crippen molar-refractivity contribution in [1.82, 2.24) is 14.7 Å². The van der Waals surface area contributed by atoms with Crippen LogP contribution in [0, 0.1) is 5.92 Å². The van der Waals surface area contributed by atoms with Gasteiger partial charge in [-0.05, 0) is 49.3 Å². The summed E-state index contributed by atoms with van der Waals surface area (Å²) in [7, 11) is 0. The number of aliphatic carboxylic acids is 1. The fraction of sp³-hybridized carbons (Fsp3) is 0.316. The van der Waals surface area contributed by atoms with E-state index < -0.39 is 5.97 Å². The zero-order valence-corrected chi connectivity index (χ0v) is 15.4. The number of pyridine rings is 1. The van der Waals surface area contributed by atoms with Crippen molar-refractivity contribution in [2.75, 3.05) is 5.32 Å². The van der Waals surface area contributed by atoms with E-state index in [1.165, 1.54) is 0 Å². The molecular weight excluding hydrogens is 364 g/mol. The lowest BCUT2D eigenvalue weighted by atomic mass is 9.86. The first-order chi connectivity index (χ1) is 13.1. The smallest absolute Gasteiger partial charge is 0.320 e. The van der Waals surface area contributed by atoms with Crippen molar-refractivity contribution in [2.24, 2.45) is 5.92 Å². The molecule has 0 spiro atoms. The highest BCUT2D eigenvalue weighted by atomic mass is 32.1. The first-order valence-corrected chi connectivity index (χ1v) is 9.81. The maximum atomic E-state index is 12.6. The minimum Gasteiger partial charge on any atom is -0.481 e. The number of carbonyl (C=O) groups is 2. The van der Waals surface area contributed by atoms with E-state index in [2.05, 4.69) is 15.6 Å². The highest BCUT2D eigenvalue weighted by Gasteiger charge is 2.27. The predicted octanol–water partition coefficient (Wildman–Crippen LogP) is 3.83. The molecule has 1 aliphatic rings. The summed E-state index contributed by atoms with van der Waals surface area (Å²) in [5.74, 6) is -0.413. The van der Waals surface area contributed by atoms with E-state index in [4.69, 9.17) is 5.11 Å². The molecule has 3 aromatic heterocycles. The van der Waals surface area contributed by atoms with E-state index in [1.807, 2.05) is 46.3 Å². The van der Waals surface area contributed by atoms with Crippen LogP contribution >= 0.6 is 11.3 Å². The van der Waals surface area contributed by atoms with E-state index in [9.17, 15) is 9.59 Å². The molecule has 0 radical (unpaired) electrons. The van der Waals surface area contributed by atoms with E-state index >= 15 is 0 Å². The zero-order valence-electron chi connectivity index (χ0n) is 14.6. The number of carbonyl (C=O) groups excluding carboxylic acids is 1. The maximum Gasteiger partial charge on any atom is 0.320 e. The number of thiophene rings is 1. The van der Waals surface area contributed by atoms with Gasteiger partial charge in [-0.25, -0.2) is 9.78 Å². The zero-order chi connectivity index (χ0) is 18.8. The van der Waals surface area contributed by atoms with Gasteiger partial charge in [0.25, 0.3) is 0 Å². The fourth-order valence-electron chi connectivity index (χ4n) is 3.51. The van der Waals surface area contributed by atoms with Gasteiger partial charge in [-0.2, -0.15) is 0 Å². The number of imidazole rings is 1. The number of hydrogen-bond acceptors (Lipinski definition) is 4. The molecule has 7 nitrogen and oxygen atoms in total. The van der Waals surface area contributed by atoms with Gasteiger partial charge in [0.2, 0.25) is 0 Å². The summed E-state index contributed by atoms with van der Waals surface area (Å²) in [5, 5.41) is 17.0. The van der Waals surface area contributed by atoms with Crippen LogP contribution in [-0.4, -0.2) is 32.5 Å². The van der Waals surface area contributed by atoms with Gasteiger partial charge in [0.05, 0.1) is 10.8 Å². The van der Waals surface area contributed by atoms with Crippen molar-refractivity contribution < 1.29 is 14.7 Å². The van der Waals surface area contributed by atoms with Crippen LogP contribution in [0.25, 0.3) is 16.2 Å². The Morgan fingerprint density at radius 2 is 1.96 bits per heavy atom. The molecule has 0 aromatic carbocycles. The van der Waals surface area contributed by atoms with Gasteiger partial charge in [0.1, 0.15) is 17.2 Å². The van der Waals surface area contributed by atoms with Crippen molar-refractivity contribution in [1.29, 1.82) is 0 Å². The van der Waals surface area contributed by atoms with Crippen LogP contribution in [0.1, 0.15) is 25.7 Å². The standard InChI is InChI=1S/C19H20N4O3S/c24-18(25)12-6-8-13(9-7-12)20-19(26)22-17-16(14-4-3-11-27-14)21-15-5-1-2-10-23(15)17/h1-5,10-13H,6-9H2,(H,24,25)(H2,20,22,26). The number of carboxylic acids is 1. The summed E-state index contributed by atoms with van der Waals surface area (Å²) >= 11 is 1.57. The van der Waals surface area contributed by atoms with Crippen molar-refractivity contribution in [3.05, 3.63) is 41.9 Å². The Hall–Kier alpha value is -2.87. The number of carboxylic acid groups (broad SMARTS) is 1. The number of anilines is 1. The lowest BCUT2D eigenvalue weighted by Gasteiger charge is -2.26. The third-order valence-corrected chi connectivity index (χ3v) is 5.80. The Bertz CT molecular complexity index is 959. The second-order valence-electron chi connectivity index (χ2n) is 6.70. The Morgan fingerprint density at radius 1 is 1.15 bits per heavy atom. The highest BCUT2D eigenvalue weighted by Crippen LogP contribution is 2.32. The molecule has 3 N–H and O–H groups in total. The molecule has 2 amide bonds. The minimum atomic E-state index is -0.746. The van der Waals surface area contributed by atoms with Crippen LogP contribution in [0.3, 0.4) is 0 Å². The molecule has 0 unspecified atom stereocenters. The topological polar surface area (TPSA) is 95.7 Å². The van der Waals surface area contributed by atoms with E-state index in [1.54, 1.807) is 11.3 Å². The van der Waals surface area contributed by atoms with Crippen molar-refractivity contribution in [3.63, 3.8) is 0 Å². The summed E-state index contributed by atoms with van der Waals surface area (Å²) in [6, 6.07) is 9.32. The predicted molar refractivity (Wildman–Crippen MR) is 104 cm³/mol. The number of nitrogens with zero attached hydrogens (tertiary/aromatic N) is 2. The Balaban J connectivity index is 1.51. The van der Waals surface area contributed by atoms with Gasteiger partial charge in [-0.3, -0.25) is 14.5 Å². The molecule has 3 heterocycles. The number of rotatable bonds is 4. The first-order valence-electron chi connectivity index (χ1n) is 8.93. The number of hydrogen-bond donors (Lipinski definition) is 3. The Morgan fingerprint density at radius 3 is 2.67 bits per heavy atom. The number of urea groups is 1. The molecule has 0 saturated heterocycles. The Kier molecular flexibility index (Phi) is 4.81. The van der Waals surface area contributed by atoms with E-state index in [-0.39, 0.29) is 18.0 Å². The van der Waals surface area contributed by atoms with E-state index in [0.717, 1.165) is 16.2 Å². The molecule has 4 rings (SSSR count). The summed E-state index contributed by atoms with van der Waals surface area (Å²) in [6.07, 6.45) is 4.41. The summed E-state index contributed by atoms with van der Waals surface area (Å²) < 4.78 is 1.86. The van der Waals surface area contributed by atoms with Gasteiger partial charge < -0.3 is 10.4 Å². The molecule has 3 aromatic rings. The number of aromatic nitrogens is 2. The van der Waals surface area contributed by atoms with Gasteiger partial charge >= 0.3 is 12.0 Å². The van der Waals surface area contributed by atoms with Gasteiger partial charge in [0.15, 0.2) is 0 Å². The quantitative estimate of drug-likeness (QED) is 0.637. The summed E-state index contributed by atoms with van der Waals surface area (Å²) in [6.45, 7) is 0. The van der Waals surface area contributed by atoms with Crippen LogP contribution in [-0.2, 0) is 4.79 Å². The van der Waals surface area contributed by atoms with Crippen LogP contribution in [0.4, 0.5) is 10.6 Å². The second-order valence-corrected chi connectivity index (χ2v) is 7.65. The third-order valence-electron chi connectivity index (χ3n) is 4.93. The van der Waals surface area contributed by atoms with Crippen molar-refractivity contribution in [2.45, 2.75) is 31.7 Å². The molecule has 1 fully saturated rings. The SMILES string of the molecule is O=C(Nc1c(-c2cccs2)nc2ccccn12)NC1CCC(C(=O)O)CC1. The van der Waals surface area contributed by atoms with Crippen LogP contribution in [0.5, 0.6) is 0 Å². The van der Waals surface area contributed by atoms with Gasteiger partial charge in [-0.1, -0.05) is 12.1 Å². The lowest BCUT2D eigenvalue weighted by Crippen LogP contribution is -2.41. The average Bonchev–Trinajstić information content (AvgIpc) is 3.30. The number of amides is 2. The third kappa shape index (κ3) is 3.66. The highest BCUT2D eigenvalue weighted by molar-refractivity contribution is 7.13. The Labute approximate surface area is 160 Å². The largest absolute Gasteiger partial charge is 0.481 e. The second kappa shape index (κ2) is 7.40. The molecule has 1 aliphatic carbocycles. The van der Waals surface area contributed by atoms with Crippen molar-refractivity contribution in [3.8, 4) is 10.6 Å². The van der Waals surface area contributed by atoms with Crippen molar-refractivity contribution >= 4 is 34.8 Å². The molecule has 27 heavy (non-hydrogen) atoms. The molecule has 0 atom stereocenters. The fourth-order valence-corrected chi connectivity index (χ4v) is 4.23. The van der Waals surface area contributed by atoms with Crippen LogP contribution < -0.4 is 10.6 Å². The monoisotopic (exact) mass is 384 g/mol. The summed E-state index contributed by atoms with van der Waals surface area (Å²) in [4.78, 5) is 29.3. The minimum absolute atomic E-state index is 0.00928. The van der Waals surface area contributed by atoms with Gasteiger partial charge in [0, 0.05) is 12.2 Å². The molecule has 140 valence electrons. The molecule has 8 heteroatoms.